The summed E-state index contributed by atoms with van der Waals surface area (Å²) in [6.07, 6.45) is 6.16. The number of nitrogens with zero attached hydrogens (tertiary/aromatic N) is 5. The standard InChI is InChI=1S/C22H24FN5O2/c1-27-12-24-18-10-14(20(29)11-15(18)22(27)30)17-8-9-21(26-25-17)28(13-6-7-13)19-5-3-2-4-16(19)23/h8-13,16,19,29H,2-7H2,1H3. The molecule has 0 bridgehead atoms. The first kappa shape index (κ1) is 19.0. The maximum Gasteiger partial charge on any atom is 0.261 e. The van der Waals surface area contributed by atoms with Crippen LogP contribution in [0.2, 0.25) is 0 Å². The Morgan fingerprint density at radius 1 is 1.13 bits per heavy atom. The second-order valence-electron chi connectivity index (χ2n) is 8.33. The molecular weight excluding hydrogens is 385 g/mol. The number of halogens is 1. The molecule has 0 spiro atoms. The summed E-state index contributed by atoms with van der Waals surface area (Å²) in [7, 11) is 1.61. The molecule has 0 aliphatic heterocycles. The maximum atomic E-state index is 14.6. The van der Waals surface area contributed by atoms with Crippen LogP contribution in [-0.4, -0.2) is 43.1 Å². The second-order valence-corrected chi connectivity index (χ2v) is 8.33. The van der Waals surface area contributed by atoms with Gasteiger partial charge in [0.25, 0.3) is 5.56 Å². The van der Waals surface area contributed by atoms with Gasteiger partial charge in [0.1, 0.15) is 11.9 Å². The van der Waals surface area contributed by atoms with E-state index in [1.165, 1.54) is 17.0 Å². The van der Waals surface area contributed by atoms with Crippen molar-refractivity contribution in [2.24, 2.45) is 7.05 Å². The minimum absolute atomic E-state index is 0.0511. The molecule has 1 aromatic carbocycles. The predicted molar refractivity (Wildman–Crippen MR) is 112 cm³/mol. The third-order valence-electron chi connectivity index (χ3n) is 6.17. The highest BCUT2D eigenvalue weighted by atomic mass is 19.1. The smallest absolute Gasteiger partial charge is 0.261 e. The van der Waals surface area contributed by atoms with Crippen LogP contribution < -0.4 is 10.5 Å². The molecule has 2 heterocycles. The van der Waals surface area contributed by atoms with E-state index in [1.807, 2.05) is 6.07 Å². The first-order valence-electron chi connectivity index (χ1n) is 10.5. The molecule has 2 fully saturated rings. The highest BCUT2D eigenvalue weighted by molar-refractivity contribution is 5.86. The summed E-state index contributed by atoms with van der Waals surface area (Å²) >= 11 is 0. The quantitative estimate of drug-likeness (QED) is 0.712. The number of aromatic nitrogens is 4. The monoisotopic (exact) mass is 409 g/mol. The molecule has 30 heavy (non-hydrogen) atoms. The normalized spacial score (nSPS) is 21.7. The van der Waals surface area contributed by atoms with E-state index < -0.39 is 6.17 Å². The van der Waals surface area contributed by atoms with Gasteiger partial charge >= 0.3 is 0 Å². The molecule has 2 aliphatic rings. The SMILES string of the molecule is Cn1cnc2cc(-c3ccc(N(C4CC4)C4CCCCC4F)nn3)c(O)cc2c1=O. The lowest BCUT2D eigenvalue weighted by Gasteiger charge is -2.37. The van der Waals surface area contributed by atoms with E-state index in [0.29, 0.717) is 40.4 Å². The summed E-state index contributed by atoms with van der Waals surface area (Å²) in [6.45, 7) is 0. The molecule has 3 aromatic rings. The number of anilines is 1. The predicted octanol–water partition coefficient (Wildman–Crippen LogP) is 3.35. The van der Waals surface area contributed by atoms with Crippen LogP contribution in [0.5, 0.6) is 5.75 Å². The number of rotatable bonds is 4. The largest absolute Gasteiger partial charge is 0.507 e. The Labute approximate surface area is 173 Å². The molecule has 156 valence electrons. The molecule has 0 radical (unpaired) electrons. The Bertz CT molecular complexity index is 1140. The zero-order chi connectivity index (χ0) is 20.8. The summed E-state index contributed by atoms with van der Waals surface area (Å²) in [5.74, 6) is 0.632. The Morgan fingerprint density at radius 3 is 2.63 bits per heavy atom. The van der Waals surface area contributed by atoms with Crippen molar-refractivity contribution in [2.45, 2.75) is 56.8 Å². The number of phenols is 1. The van der Waals surface area contributed by atoms with Crippen LogP contribution in [0.25, 0.3) is 22.2 Å². The van der Waals surface area contributed by atoms with Crippen LogP contribution in [0.3, 0.4) is 0 Å². The Morgan fingerprint density at radius 2 is 1.93 bits per heavy atom. The number of hydrogen-bond acceptors (Lipinski definition) is 6. The van der Waals surface area contributed by atoms with Gasteiger partial charge in [0.15, 0.2) is 5.82 Å². The van der Waals surface area contributed by atoms with Gasteiger partial charge in [-0.15, -0.1) is 10.2 Å². The van der Waals surface area contributed by atoms with Crippen LogP contribution in [-0.2, 0) is 7.05 Å². The zero-order valence-electron chi connectivity index (χ0n) is 16.8. The van der Waals surface area contributed by atoms with Crippen molar-refractivity contribution in [3.8, 4) is 17.0 Å². The summed E-state index contributed by atoms with van der Waals surface area (Å²) in [5, 5.41) is 19.5. The number of phenolic OH excluding ortho intramolecular Hbond substituents is 1. The molecule has 2 saturated carbocycles. The number of aromatic hydroxyl groups is 1. The number of hydrogen-bond donors (Lipinski definition) is 1. The lowest BCUT2D eigenvalue weighted by molar-refractivity contribution is 0.207. The number of alkyl halides is 1. The Balaban J connectivity index is 1.49. The second kappa shape index (κ2) is 7.34. The maximum absolute atomic E-state index is 14.6. The average molecular weight is 409 g/mol. The van der Waals surface area contributed by atoms with E-state index in [1.54, 1.807) is 19.2 Å². The van der Waals surface area contributed by atoms with E-state index in [0.717, 1.165) is 32.1 Å². The van der Waals surface area contributed by atoms with Crippen LogP contribution >= 0.6 is 0 Å². The molecular formula is C22H24FN5O2. The van der Waals surface area contributed by atoms with E-state index in [4.69, 9.17) is 0 Å². The van der Waals surface area contributed by atoms with Gasteiger partial charge in [0.2, 0.25) is 0 Å². The third-order valence-corrected chi connectivity index (χ3v) is 6.17. The van der Waals surface area contributed by atoms with E-state index in [9.17, 15) is 14.3 Å². The van der Waals surface area contributed by atoms with Crippen molar-refractivity contribution < 1.29 is 9.50 Å². The molecule has 1 N–H and O–H groups in total. The lowest BCUT2D eigenvalue weighted by atomic mass is 9.92. The van der Waals surface area contributed by atoms with Crippen molar-refractivity contribution in [3.63, 3.8) is 0 Å². The summed E-state index contributed by atoms with van der Waals surface area (Å²) in [4.78, 5) is 18.6. The zero-order valence-corrected chi connectivity index (χ0v) is 16.8. The fourth-order valence-corrected chi connectivity index (χ4v) is 4.42. The fraction of sp³-hybridized carbons (Fsp3) is 0.455. The molecule has 0 saturated heterocycles. The summed E-state index contributed by atoms with van der Waals surface area (Å²) in [5.41, 5.74) is 1.20. The van der Waals surface area contributed by atoms with Gasteiger partial charge in [-0.1, -0.05) is 12.8 Å². The van der Waals surface area contributed by atoms with Gasteiger partial charge in [-0.05, 0) is 49.9 Å². The van der Waals surface area contributed by atoms with E-state index in [2.05, 4.69) is 20.1 Å². The first-order chi connectivity index (χ1) is 14.5. The van der Waals surface area contributed by atoms with Crippen molar-refractivity contribution in [1.29, 1.82) is 0 Å². The molecule has 7 nitrogen and oxygen atoms in total. The molecule has 2 atom stereocenters. The first-order valence-corrected chi connectivity index (χ1v) is 10.5. The molecule has 2 aliphatic carbocycles. The van der Waals surface area contributed by atoms with E-state index in [-0.39, 0.29) is 17.4 Å². The average Bonchev–Trinajstić information content (AvgIpc) is 3.58. The van der Waals surface area contributed by atoms with Gasteiger partial charge in [0, 0.05) is 18.7 Å². The van der Waals surface area contributed by atoms with Crippen LogP contribution in [0.1, 0.15) is 38.5 Å². The van der Waals surface area contributed by atoms with Crippen LogP contribution in [0.4, 0.5) is 10.2 Å². The van der Waals surface area contributed by atoms with Gasteiger partial charge < -0.3 is 14.6 Å². The van der Waals surface area contributed by atoms with Crippen molar-refractivity contribution in [2.75, 3.05) is 4.90 Å². The highest BCUT2D eigenvalue weighted by Gasteiger charge is 2.39. The number of aryl methyl sites for hydroxylation is 1. The minimum Gasteiger partial charge on any atom is -0.507 e. The molecule has 0 amide bonds. The number of fused-ring (bicyclic) bond motifs is 1. The molecule has 5 rings (SSSR count). The Kier molecular flexibility index (Phi) is 4.64. The lowest BCUT2D eigenvalue weighted by Crippen LogP contribution is -2.45. The van der Waals surface area contributed by atoms with Crippen LogP contribution in [0, 0.1) is 0 Å². The van der Waals surface area contributed by atoms with Crippen molar-refractivity contribution in [1.82, 2.24) is 19.7 Å². The fourth-order valence-electron chi connectivity index (χ4n) is 4.42. The van der Waals surface area contributed by atoms with Crippen LogP contribution in [0.15, 0.2) is 35.4 Å². The minimum atomic E-state index is -0.834. The van der Waals surface area contributed by atoms with Gasteiger partial charge in [-0.25, -0.2) is 9.37 Å². The number of benzene rings is 1. The van der Waals surface area contributed by atoms with Gasteiger partial charge in [-0.2, -0.15) is 0 Å². The Hall–Kier alpha value is -3.03. The molecule has 2 unspecified atom stereocenters. The van der Waals surface area contributed by atoms with E-state index >= 15 is 0 Å². The summed E-state index contributed by atoms with van der Waals surface area (Å²) < 4.78 is 16.0. The third kappa shape index (κ3) is 3.30. The summed E-state index contributed by atoms with van der Waals surface area (Å²) in [6, 6.07) is 6.90. The van der Waals surface area contributed by atoms with Crippen molar-refractivity contribution in [3.05, 3.63) is 40.9 Å². The van der Waals surface area contributed by atoms with Gasteiger partial charge in [0.05, 0.1) is 29.0 Å². The molecule has 8 heteroatoms. The topological polar surface area (TPSA) is 84.1 Å². The van der Waals surface area contributed by atoms with Gasteiger partial charge in [-0.3, -0.25) is 4.79 Å². The highest BCUT2D eigenvalue weighted by Crippen LogP contribution is 2.38. The van der Waals surface area contributed by atoms with Crippen molar-refractivity contribution >= 4 is 16.7 Å². The molecule has 2 aromatic heterocycles.